The van der Waals surface area contributed by atoms with Crippen LogP contribution < -0.4 is 16.0 Å². The number of nitrogens with one attached hydrogen (secondary N) is 3. The summed E-state index contributed by atoms with van der Waals surface area (Å²) in [4.78, 5) is 12.2. The van der Waals surface area contributed by atoms with E-state index in [9.17, 15) is 18.0 Å². The largest absolute Gasteiger partial charge is 0.441 e. The predicted molar refractivity (Wildman–Crippen MR) is 119 cm³/mol. The van der Waals surface area contributed by atoms with E-state index >= 15 is 0 Å². The fraction of sp³-hybridized carbons (Fsp3) is 0.333. The number of ether oxygens (including phenoxy) is 3. The van der Waals surface area contributed by atoms with Gasteiger partial charge in [0.1, 0.15) is 12.2 Å². The van der Waals surface area contributed by atoms with Gasteiger partial charge >= 0.3 is 12.3 Å². The van der Waals surface area contributed by atoms with Crippen LogP contribution in [0.2, 0.25) is 5.02 Å². The molecule has 33 heavy (non-hydrogen) atoms. The maximum Gasteiger partial charge on any atom is 0.416 e. The molecule has 2 fully saturated rings. The summed E-state index contributed by atoms with van der Waals surface area (Å²) in [5.74, 6) is 0. The first-order valence-corrected chi connectivity index (χ1v) is 10.7. The van der Waals surface area contributed by atoms with Crippen LogP contribution in [0.5, 0.6) is 0 Å². The molecule has 0 saturated carbocycles. The fourth-order valence-electron chi connectivity index (χ4n) is 3.62. The van der Waals surface area contributed by atoms with Crippen molar-refractivity contribution in [3.05, 3.63) is 59.1 Å². The van der Waals surface area contributed by atoms with Gasteiger partial charge in [-0.05, 0) is 54.7 Å². The Kier molecular flexibility index (Phi) is 6.94. The van der Waals surface area contributed by atoms with E-state index in [1.165, 1.54) is 12.1 Å². The van der Waals surface area contributed by atoms with Crippen LogP contribution in [0, 0.1) is 0 Å². The van der Waals surface area contributed by atoms with Gasteiger partial charge < -0.3 is 24.8 Å². The van der Waals surface area contributed by atoms with Crippen molar-refractivity contribution in [1.29, 1.82) is 0 Å². The standard InChI is InChI=1S/C21H19ClF3N3O4S/c22-12-4-6-13(7-5-12)26-19(33)28-15-9-30-18-16(10-31-17(15)18)32-20(29)27-14-3-1-2-11(8-14)21(23,24)25/h1-8,15-18H,9-10H2,(H,27,29)(H2,26,28,33). The Morgan fingerprint density at radius 2 is 1.76 bits per heavy atom. The third kappa shape index (κ3) is 5.85. The third-order valence-electron chi connectivity index (χ3n) is 5.12. The molecule has 0 bridgehead atoms. The number of halogens is 4. The summed E-state index contributed by atoms with van der Waals surface area (Å²) in [5, 5.41) is 9.44. The van der Waals surface area contributed by atoms with Crippen LogP contribution in [0.4, 0.5) is 29.3 Å². The molecule has 1 amide bonds. The fourth-order valence-corrected chi connectivity index (χ4v) is 4.01. The predicted octanol–water partition coefficient (Wildman–Crippen LogP) is 4.43. The second-order valence-corrected chi connectivity index (χ2v) is 8.30. The first-order chi connectivity index (χ1) is 15.7. The number of alkyl halides is 3. The number of carbonyl (C=O) groups is 1. The van der Waals surface area contributed by atoms with E-state index in [0.717, 1.165) is 17.8 Å². The molecule has 7 nitrogen and oxygen atoms in total. The van der Waals surface area contributed by atoms with Crippen LogP contribution in [0.15, 0.2) is 48.5 Å². The molecule has 2 aromatic rings. The topological polar surface area (TPSA) is 80.9 Å². The molecule has 0 spiro atoms. The summed E-state index contributed by atoms with van der Waals surface area (Å²) in [6.07, 6.45) is -7.08. The molecule has 0 radical (unpaired) electrons. The highest BCUT2D eigenvalue weighted by Gasteiger charge is 2.49. The third-order valence-corrected chi connectivity index (χ3v) is 5.59. The number of rotatable bonds is 4. The highest BCUT2D eigenvalue weighted by Crippen LogP contribution is 2.31. The molecule has 2 aliphatic heterocycles. The van der Waals surface area contributed by atoms with E-state index in [1.807, 2.05) is 0 Å². The Morgan fingerprint density at radius 1 is 1.03 bits per heavy atom. The number of amides is 1. The van der Waals surface area contributed by atoms with E-state index in [0.29, 0.717) is 10.1 Å². The lowest BCUT2D eigenvalue weighted by Crippen LogP contribution is -2.46. The molecule has 2 aliphatic rings. The van der Waals surface area contributed by atoms with E-state index in [4.69, 9.17) is 38.0 Å². The first kappa shape index (κ1) is 23.6. The Balaban J connectivity index is 1.29. The first-order valence-electron chi connectivity index (χ1n) is 9.90. The van der Waals surface area contributed by atoms with Crippen molar-refractivity contribution in [3.8, 4) is 0 Å². The normalized spacial score (nSPS) is 24.1. The molecule has 12 heteroatoms. The van der Waals surface area contributed by atoms with Crippen LogP contribution in [0.1, 0.15) is 5.56 Å². The van der Waals surface area contributed by atoms with Crippen molar-refractivity contribution in [2.24, 2.45) is 0 Å². The minimum absolute atomic E-state index is 0.0317. The number of anilines is 2. The highest BCUT2D eigenvalue weighted by atomic mass is 35.5. The van der Waals surface area contributed by atoms with E-state index in [2.05, 4.69) is 16.0 Å². The Bertz CT molecular complexity index is 1020. The van der Waals surface area contributed by atoms with Gasteiger partial charge in [0.05, 0.1) is 24.8 Å². The monoisotopic (exact) mass is 501 g/mol. The van der Waals surface area contributed by atoms with E-state index in [-0.39, 0.29) is 24.9 Å². The lowest BCUT2D eigenvalue weighted by Gasteiger charge is -2.20. The van der Waals surface area contributed by atoms with Gasteiger partial charge in [-0.1, -0.05) is 17.7 Å². The number of carbonyl (C=O) groups excluding carboxylic acids is 1. The van der Waals surface area contributed by atoms with Crippen molar-refractivity contribution in [2.75, 3.05) is 23.8 Å². The summed E-state index contributed by atoms with van der Waals surface area (Å²) in [6, 6.07) is 11.0. The van der Waals surface area contributed by atoms with Gasteiger partial charge in [0.15, 0.2) is 11.2 Å². The molecule has 176 valence electrons. The van der Waals surface area contributed by atoms with Crippen LogP contribution in [0.25, 0.3) is 0 Å². The second kappa shape index (κ2) is 9.72. The molecule has 0 aromatic heterocycles. The number of hydrogen-bond acceptors (Lipinski definition) is 5. The summed E-state index contributed by atoms with van der Waals surface area (Å²) in [6.45, 7) is 0.355. The maximum atomic E-state index is 12.8. The van der Waals surface area contributed by atoms with Crippen LogP contribution in [0.3, 0.4) is 0 Å². The summed E-state index contributed by atoms with van der Waals surface area (Å²) >= 11 is 11.2. The van der Waals surface area contributed by atoms with Crippen molar-refractivity contribution >= 4 is 46.4 Å². The number of fused-ring (bicyclic) bond motifs is 1. The lowest BCUT2D eigenvalue weighted by molar-refractivity contribution is -0.137. The molecule has 3 N–H and O–H groups in total. The minimum Gasteiger partial charge on any atom is -0.441 e. The molecule has 4 rings (SSSR count). The molecular weight excluding hydrogens is 483 g/mol. The molecule has 2 heterocycles. The maximum absolute atomic E-state index is 12.8. The molecule has 2 saturated heterocycles. The van der Waals surface area contributed by atoms with Gasteiger partial charge in [-0.2, -0.15) is 13.2 Å². The number of hydrogen-bond donors (Lipinski definition) is 3. The summed E-state index contributed by atoms with van der Waals surface area (Å²) in [5.41, 5.74) is -0.149. The van der Waals surface area contributed by atoms with Crippen LogP contribution in [-0.2, 0) is 20.4 Å². The zero-order valence-corrected chi connectivity index (χ0v) is 18.5. The van der Waals surface area contributed by atoms with Crippen molar-refractivity contribution in [3.63, 3.8) is 0 Å². The molecule has 4 unspecified atom stereocenters. The Morgan fingerprint density at radius 3 is 2.48 bits per heavy atom. The Hall–Kier alpha value is -2.60. The number of benzene rings is 2. The van der Waals surface area contributed by atoms with E-state index in [1.54, 1.807) is 24.3 Å². The molecule has 4 atom stereocenters. The quantitative estimate of drug-likeness (QED) is 0.535. The van der Waals surface area contributed by atoms with Gasteiger partial charge in [-0.15, -0.1) is 0 Å². The minimum atomic E-state index is -4.52. The van der Waals surface area contributed by atoms with Gasteiger partial charge in [-0.25, -0.2) is 4.79 Å². The molecule has 0 aliphatic carbocycles. The summed E-state index contributed by atoms with van der Waals surface area (Å²) < 4.78 is 55.3. The van der Waals surface area contributed by atoms with Crippen molar-refractivity contribution in [2.45, 2.75) is 30.5 Å². The SMILES string of the molecule is O=C(Nc1cccc(C(F)(F)F)c1)OC1COC2C(NC(=S)Nc3ccc(Cl)cc3)COC12. The molecule has 2 aromatic carbocycles. The van der Waals surface area contributed by atoms with Gasteiger partial charge in [-0.3, -0.25) is 5.32 Å². The Labute approximate surface area is 197 Å². The zero-order valence-electron chi connectivity index (χ0n) is 16.9. The average molecular weight is 502 g/mol. The van der Waals surface area contributed by atoms with Crippen molar-refractivity contribution in [1.82, 2.24) is 5.32 Å². The highest BCUT2D eigenvalue weighted by molar-refractivity contribution is 7.80. The van der Waals surface area contributed by atoms with Crippen molar-refractivity contribution < 1.29 is 32.2 Å². The second-order valence-electron chi connectivity index (χ2n) is 7.46. The van der Waals surface area contributed by atoms with Gasteiger partial charge in [0.25, 0.3) is 0 Å². The van der Waals surface area contributed by atoms with Gasteiger partial charge in [0, 0.05) is 16.4 Å². The number of thiocarbonyl (C=S) groups is 1. The lowest BCUT2D eigenvalue weighted by atomic mass is 10.1. The summed E-state index contributed by atoms with van der Waals surface area (Å²) in [7, 11) is 0. The smallest absolute Gasteiger partial charge is 0.416 e. The van der Waals surface area contributed by atoms with E-state index < -0.39 is 36.1 Å². The van der Waals surface area contributed by atoms with Crippen LogP contribution >= 0.6 is 23.8 Å². The van der Waals surface area contributed by atoms with Gasteiger partial charge in [0.2, 0.25) is 0 Å². The molecular formula is C21H19ClF3N3O4S. The average Bonchev–Trinajstić information content (AvgIpc) is 3.33. The van der Waals surface area contributed by atoms with Crippen LogP contribution in [-0.4, -0.2) is 48.8 Å². The zero-order chi connectivity index (χ0) is 23.6.